The van der Waals surface area contributed by atoms with Crippen LogP contribution in [-0.2, 0) is 24.3 Å². The molecule has 9 nitrogen and oxygen atoms in total. The van der Waals surface area contributed by atoms with Crippen molar-refractivity contribution in [2.75, 3.05) is 13.7 Å². The number of nitrogens with one attached hydrogen (secondary N) is 3. The van der Waals surface area contributed by atoms with Crippen LogP contribution in [0.15, 0.2) is 53.4 Å². The second-order valence-corrected chi connectivity index (χ2v) is 9.06. The van der Waals surface area contributed by atoms with Gasteiger partial charge >= 0.3 is 5.97 Å². The predicted molar refractivity (Wildman–Crippen MR) is 122 cm³/mol. The van der Waals surface area contributed by atoms with Gasteiger partial charge in [-0.15, -0.1) is 12.4 Å². The van der Waals surface area contributed by atoms with Crippen molar-refractivity contribution in [3.05, 3.63) is 54.1 Å². The summed E-state index contributed by atoms with van der Waals surface area (Å²) in [5.74, 6) is -1.33. The molecule has 1 aliphatic heterocycles. The molecule has 172 valence electrons. The number of rotatable bonds is 8. The minimum Gasteiger partial charge on any atom is -0.469 e. The third-order valence-electron chi connectivity index (χ3n) is 5.12. The topological polar surface area (TPSA) is 151 Å². The van der Waals surface area contributed by atoms with E-state index < -0.39 is 28.0 Å². The van der Waals surface area contributed by atoms with E-state index in [1.165, 1.54) is 13.2 Å². The fourth-order valence-corrected chi connectivity index (χ4v) is 4.53. The van der Waals surface area contributed by atoms with E-state index >= 15 is 0 Å². The lowest BCUT2D eigenvalue weighted by Crippen LogP contribution is -2.38. The third-order valence-corrected chi connectivity index (χ3v) is 6.54. The summed E-state index contributed by atoms with van der Waals surface area (Å²) >= 11 is 0. The Morgan fingerprint density at radius 3 is 2.53 bits per heavy atom. The first kappa shape index (κ1) is 25.3. The maximum atomic E-state index is 12.8. The largest absolute Gasteiger partial charge is 0.469 e. The quantitative estimate of drug-likeness (QED) is 0.254. The summed E-state index contributed by atoms with van der Waals surface area (Å²) < 4.78 is 32.6. The molecule has 0 aliphatic carbocycles. The molecule has 2 atom stereocenters. The van der Waals surface area contributed by atoms with Gasteiger partial charge in [-0.25, -0.2) is 13.1 Å². The van der Waals surface area contributed by atoms with Crippen LogP contribution >= 0.6 is 12.4 Å². The summed E-state index contributed by atoms with van der Waals surface area (Å²) in [6.45, 7) is 0.0171. The molecule has 32 heavy (non-hydrogen) atoms. The van der Waals surface area contributed by atoms with E-state index in [1.807, 2.05) is 0 Å². The number of carbonyl (C=O) groups is 2. The first-order chi connectivity index (χ1) is 14.7. The van der Waals surface area contributed by atoms with Gasteiger partial charge in [0.2, 0.25) is 15.9 Å². The van der Waals surface area contributed by atoms with Gasteiger partial charge in [-0.2, -0.15) is 0 Å². The molecule has 0 aromatic heterocycles. The number of methoxy groups -OCH3 is 1. The van der Waals surface area contributed by atoms with Gasteiger partial charge in [-0.1, -0.05) is 36.4 Å². The number of esters is 1. The highest BCUT2D eigenvalue weighted by atomic mass is 35.5. The summed E-state index contributed by atoms with van der Waals surface area (Å²) in [5, 5.41) is 10.2. The number of hydrogen-bond acceptors (Lipinski definition) is 6. The SMILES string of the molecule is COC(=O)C[C@@H]1C[C@@H](CNS(=O)(=O)c2cccc(-c3ccc(C(=N)N)cc3)c2)NC1=O.Cl. The molecule has 3 rings (SSSR count). The van der Waals surface area contributed by atoms with Crippen LogP contribution in [0, 0.1) is 11.3 Å². The molecule has 1 fully saturated rings. The third kappa shape index (κ3) is 6.06. The van der Waals surface area contributed by atoms with Crippen molar-refractivity contribution in [3.8, 4) is 11.1 Å². The maximum Gasteiger partial charge on any atom is 0.306 e. The number of sulfonamides is 1. The van der Waals surface area contributed by atoms with E-state index in [4.69, 9.17) is 11.1 Å². The number of amides is 1. The Morgan fingerprint density at radius 1 is 1.22 bits per heavy atom. The Labute approximate surface area is 192 Å². The van der Waals surface area contributed by atoms with E-state index in [9.17, 15) is 18.0 Å². The number of ether oxygens (including phenoxy) is 1. The number of nitrogen functional groups attached to an aromatic ring is 1. The van der Waals surface area contributed by atoms with Gasteiger partial charge < -0.3 is 15.8 Å². The second kappa shape index (κ2) is 10.6. The minimum absolute atomic E-state index is 0. The van der Waals surface area contributed by atoms with Crippen LogP contribution in [0.5, 0.6) is 0 Å². The van der Waals surface area contributed by atoms with Crippen LogP contribution in [0.25, 0.3) is 11.1 Å². The van der Waals surface area contributed by atoms with Gasteiger partial charge in [0.25, 0.3) is 0 Å². The molecular formula is C21H25ClN4O5S. The van der Waals surface area contributed by atoms with E-state index in [0.29, 0.717) is 17.5 Å². The summed E-state index contributed by atoms with van der Waals surface area (Å²) in [4.78, 5) is 23.5. The van der Waals surface area contributed by atoms with Crippen LogP contribution in [-0.4, -0.2) is 45.8 Å². The van der Waals surface area contributed by atoms with E-state index in [2.05, 4.69) is 14.8 Å². The molecule has 0 bridgehead atoms. The minimum atomic E-state index is -3.81. The molecule has 2 aromatic rings. The van der Waals surface area contributed by atoms with E-state index in [-0.39, 0.29) is 42.0 Å². The molecule has 0 saturated carbocycles. The van der Waals surface area contributed by atoms with Crippen LogP contribution in [0.4, 0.5) is 0 Å². The molecule has 5 N–H and O–H groups in total. The molecule has 1 amide bonds. The Morgan fingerprint density at radius 2 is 1.91 bits per heavy atom. The first-order valence-electron chi connectivity index (χ1n) is 9.61. The fourth-order valence-electron chi connectivity index (χ4n) is 3.40. The number of carbonyl (C=O) groups excluding carboxylic acids is 2. The molecule has 11 heteroatoms. The maximum absolute atomic E-state index is 12.8. The number of nitrogens with two attached hydrogens (primary N) is 1. The number of hydrogen-bond donors (Lipinski definition) is 4. The summed E-state index contributed by atoms with van der Waals surface area (Å²) in [5.41, 5.74) is 7.53. The molecule has 1 heterocycles. The highest BCUT2D eigenvalue weighted by Crippen LogP contribution is 2.24. The van der Waals surface area contributed by atoms with Crippen molar-refractivity contribution in [2.45, 2.75) is 23.8 Å². The number of benzene rings is 2. The summed E-state index contributed by atoms with van der Waals surface area (Å²) in [7, 11) is -2.55. The van der Waals surface area contributed by atoms with Gasteiger partial charge in [-0.05, 0) is 29.7 Å². The molecular weight excluding hydrogens is 456 g/mol. The van der Waals surface area contributed by atoms with Crippen LogP contribution < -0.4 is 15.8 Å². The van der Waals surface area contributed by atoms with Gasteiger partial charge in [0, 0.05) is 18.2 Å². The smallest absolute Gasteiger partial charge is 0.306 e. The molecule has 0 unspecified atom stereocenters. The Bertz CT molecular complexity index is 1110. The Hall–Kier alpha value is -2.95. The molecule has 1 aliphatic rings. The summed E-state index contributed by atoms with van der Waals surface area (Å²) in [6.07, 6.45) is 0.315. The van der Waals surface area contributed by atoms with Crippen molar-refractivity contribution in [2.24, 2.45) is 11.7 Å². The van der Waals surface area contributed by atoms with Crippen LogP contribution in [0.1, 0.15) is 18.4 Å². The predicted octanol–water partition coefficient (Wildman–Crippen LogP) is 1.41. The normalized spacial score (nSPS) is 17.8. The zero-order chi connectivity index (χ0) is 22.6. The lowest BCUT2D eigenvalue weighted by atomic mass is 10.0. The summed E-state index contributed by atoms with van der Waals surface area (Å²) in [6, 6.07) is 13.0. The van der Waals surface area contributed by atoms with Crippen molar-refractivity contribution >= 4 is 40.1 Å². The van der Waals surface area contributed by atoms with Crippen molar-refractivity contribution in [1.29, 1.82) is 5.41 Å². The Balaban J connectivity index is 0.00000363. The average molecular weight is 481 g/mol. The van der Waals surface area contributed by atoms with E-state index in [0.717, 1.165) is 5.56 Å². The highest BCUT2D eigenvalue weighted by molar-refractivity contribution is 7.89. The van der Waals surface area contributed by atoms with Crippen LogP contribution in [0.3, 0.4) is 0 Å². The Kier molecular flexibility index (Phi) is 8.37. The monoisotopic (exact) mass is 480 g/mol. The number of amidine groups is 1. The van der Waals surface area contributed by atoms with Gasteiger partial charge in [0.15, 0.2) is 0 Å². The standard InChI is InChI=1S/C21H24N4O5S.ClH/c1-30-19(26)11-16-9-17(25-21(16)27)12-24-31(28,29)18-4-2-3-15(10-18)13-5-7-14(8-6-13)20(22)23;/h2-8,10,16-17,24H,9,11-12H2,1H3,(H3,22,23)(H,25,27);1H/t16-,17-;/m0./s1. The van der Waals surface area contributed by atoms with E-state index in [1.54, 1.807) is 42.5 Å². The van der Waals surface area contributed by atoms with Gasteiger partial charge in [0.05, 0.1) is 24.3 Å². The average Bonchev–Trinajstić information content (AvgIpc) is 3.11. The van der Waals surface area contributed by atoms with Crippen molar-refractivity contribution in [3.63, 3.8) is 0 Å². The van der Waals surface area contributed by atoms with Gasteiger partial charge in [0.1, 0.15) is 5.84 Å². The molecule has 1 saturated heterocycles. The lowest BCUT2D eigenvalue weighted by molar-refractivity contribution is -0.143. The fraction of sp³-hybridized carbons (Fsp3) is 0.286. The zero-order valence-corrected chi connectivity index (χ0v) is 19.0. The van der Waals surface area contributed by atoms with Crippen molar-refractivity contribution in [1.82, 2.24) is 10.0 Å². The molecule has 0 spiro atoms. The van der Waals surface area contributed by atoms with Gasteiger partial charge in [-0.3, -0.25) is 15.0 Å². The van der Waals surface area contributed by atoms with Crippen molar-refractivity contribution < 1.29 is 22.7 Å². The number of halogens is 1. The first-order valence-corrected chi connectivity index (χ1v) is 11.1. The lowest BCUT2D eigenvalue weighted by Gasteiger charge is -2.13. The second-order valence-electron chi connectivity index (χ2n) is 7.29. The zero-order valence-electron chi connectivity index (χ0n) is 17.3. The molecule has 2 aromatic carbocycles. The van der Waals surface area contributed by atoms with Crippen LogP contribution in [0.2, 0.25) is 0 Å². The molecule has 0 radical (unpaired) electrons. The highest BCUT2D eigenvalue weighted by Gasteiger charge is 2.34.